The van der Waals surface area contributed by atoms with E-state index in [0.29, 0.717) is 6.61 Å². The van der Waals surface area contributed by atoms with Gasteiger partial charge in [-0.25, -0.2) is 0 Å². The van der Waals surface area contributed by atoms with Gasteiger partial charge in [0.15, 0.2) is 0 Å². The Morgan fingerprint density at radius 3 is 2.29 bits per heavy atom. The Hall–Kier alpha value is -3.30. The molecule has 154 valence electrons. The molecule has 3 aromatic carbocycles. The van der Waals surface area contributed by atoms with E-state index in [2.05, 4.69) is 76.5 Å². The zero-order valence-electron chi connectivity index (χ0n) is 17.2. The van der Waals surface area contributed by atoms with Gasteiger partial charge < -0.3 is 9.40 Å². The summed E-state index contributed by atoms with van der Waals surface area (Å²) in [5.41, 5.74) is 8.10. The van der Waals surface area contributed by atoms with Crippen molar-refractivity contribution in [2.45, 2.75) is 25.9 Å². The van der Waals surface area contributed by atoms with E-state index in [9.17, 15) is 0 Å². The first kappa shape index (κ1) is 19.7. The van der Waals surface area contributed by atoms with Crippen molar-refractivity contribution in [2.24, 2.45) is 5.16 Å². The van der Waals surface area contributed by atoms with E-state index in [-0.39, 0.29) is 0 Å². The van der Waals surface area contributed by atoms with Crippen molar-refractivity contribution in [3.8, 4) is 16.9 Å². The minimum atomic E-state index is 0.431. The highest BCUT2D eigenvalue weighted by Crippen LogP contribution is 2.34. The maximum Gasteiger partial charge on any atom is 0.142 e. The number of halogens is 1. The van der Waals surface area contributed by atoms with Gasteiger partial charge in [0.25, 0.3) is 0 Å². The van der Waals surface area contributed by atoms with Crippen LogP contribution in [0.1, 0.15) is 29.7 Å². The predicted octanol–water partition coefficient (Wildman–Crippen LogP) is 7.05. The van der Waals surface area contributed by atoms with Crippen molar-refractivity contribution in [1.82, 2.24) is 4.57 Å². The summed E-state index contributed by atoms with van der Waals surface area (Å²) in [7, 11) is 0. The van der Waals surface area contributed by atoms with Gasteiger partial charge in [-0.2, -0.15) is 0 Å². The molecule has 0 atom stereocenters. The lowest BCUT2D eigenvalue weighted by Crippen LogP contribution is -2.14. The van der Waals surface area contributed by atoms with Gasteiger partial charge in [-0.15, -0.1) is 0 Å². The molecule has 0 aliphatic heterocycles. The largest absolute Gasteiger partial charge is 0.391 e. The van der Waals surface area contributed by atoms with Crippen LogP contribution in [0.2, 0.25) is 5.02 Å². The van der Waals surface area contributed by atoms with Crippen molar-refractivity contribution < 1.29 is 4.84 Å². The Morgan fingerprint density at radius 1 is 0.839 bits per heavy atom. The lowest BCUT2D eigenvalue weighted by Gasteiger charge is -2.18. The fourth-order valence-electron chi connectivity index (χ4n) is 4.16. The normalized spacial score (nSPS) is 14.4. The number of hydrogen-bond donors (Lipinski definition) is 0. The first-order chi connectivity index (χ1) is 15.3. The fourth-order valence-corrected chi connectivity index (χ4v) is 4.28. The summed E-state index contributed by atoms with van der Waals surface area (Å²) in [6.45, 7) is 0.431. The molecule has 1 aromatic heterocycles. The van der Waals surface area contributed by atoms with Crippen LogP contribution in [0.5, 0.6) is 0 Å². The predicted molar refractivity (Wildman–Crippen MR) is 127 cm³/mol. The summed E-state index contributed by atoms with van der Waals surface area (Å²) in [6.07, 6.45) is 3.00. The number of fused-ring (bicyclic) bond motifs is 1. The highest BCUT2D eigenvalue weighted by atomic mass is 35.5. The van der Waals surface area contributed by atoms with Crippen molar-refractivity contribution in [3.05, 3.63) is 113 Å². The van der Waals surface area contributed by atoms with Crippen LogP contribution in [0, 0.1) is 0 Å². The zero-order chi connectivity index (χ0) is 21.0. The molecule has 0 unspecified atom stereocenters. The molecule has 1 heterocycles. The van der Waals surface area contributed by atoms with Crippen molar-refractivity contribution in [3.63, 3.8) is 0 Å². The highest BCUT2D eigenvalue weighted by molar-refractivity contribution is 6.30. The van der Waals surface area contributed by atoms with Crippen LogP contribution in [-0.4, -0.2) is 10.3 Å². The average molecular weight is 427 g/mol. The van der Waals surface area contributed by atoms with Crippen LogP contribution in [0.4, 0.5) is 0 Å². The van der Waals surface area contributed by atoms with Crippen LogP contribution in [-0.2, 0) is 17.9 Å². The third-order valence-electron chi connectivity index (χ3n) is 5.64. The van der Waals surface area contributed by atoms with Gasteiger partial charge in [-0.3, -0.25) is 0 Å². The van der Waals surface area contributed by atoms with E-state index in [1.807, 2.05) is 24.3 Å². The summed E-state index contributed by atoms with van der Waals surface area (Å²) in [5, 5.41) is 5.28. The molecule has 4 heteroatoms. The third-order valence-corrected chi connectivity index (χ3v) is 5.90. The van der Waals surface area contributed by atoms with E-state index in [4.69, 9.17) is 16.4 Å². The quantitative estimate of drug-likeness (QED) is 0.314. The van der Waals surface area contributed by atoms with Crippen molar-refractivity contribution >= 4 is 17.3 Å². The third kappa shape index (κ3) is 4.14. The van der Waals surface area contributed by atoms with Gasteiger partial charge in [0.1, 0.15) is 6.61 Å². The molecule has 0 spiro atoms. The number of rotatable bonds is 5. The van der Waals surface area contributed by atoms with E-state index < -0.39 is 0 Å². The standard InChI is InChI=1S/C27H23ClN2O/c28-22-16-14-20(15-17-22)19-31-29-25-12-7-13-26-24(25)18-27(21-8-3-1-4-9-21)30(26)23-10-5-2-6-11-23/h1-6,8-11,14-18H,7,12-13,19H2. The number of hydrogen-bond acceptors (Lipinski definition) is 2. The van der Waals surface area contributed by atoms with Gasteiger partial charge in [-0.05, 0) is 60.7 Å². The number of oxime groups is 1. The molecular weight excluding hydrogens is 404 g/mol. The van der Waals surface area contributed by atoms with Gasteiger partial charge >= 0.3 is 0 Å². The van der Waals surface area contributed by atoms with Gasteiger partial charge in [0.05, 0.1) is 11.4 Å². The molecule has 5 rings (SSSR count). The molecule has 0 fully saturated rings. The summed E-state index contributed by atoms with van der Waals surface area (Å²) < 4.78 is 2.37. The van der Waals surface area contributed by atoms with Crippen LogP contribution in [0.3, 0.4) is 0 Å². The van der Waals surface area contributed by atoms with Gasteiger partial charge in [0, 0.05) is 22.0 Å². The molecule has 3 nitrogen and oxygen atoms in total. The van der Waals surface area contributed by atoms with Crippen molar-refractivity contribution in [1.29, 1.82) is 0 Å². The van der Waals surface area contributed by atoms with E-state index in [0.717, 1.165) is 35.6 Å². The van der Waals surface area contributed by atoms with Crippen LogP contribution in [0.15, 0.2) is 96.2 Å². The molecule has 0 saturated carbocycles. The molecule has 1 aliphatic carbocycles. The molecule has 4 aromatic rings. The number of aromatic nitrogens is 1. The Kier molecular flexibility index (Phi) is 5.59. The molecule has 1 aliphatic rings. The average Bonchev–Trinajstić information content (AvgIpc) is 3.22. The van der Waals surface area contributed by atoms with E-state index >= 15 is 0 Å². The maximum absolute atomic E-state index is 5.97. The first-order valence-electron chi connectivity index (χ1n) is 10.6. The summed E-state index contributed by atoms with van der Waals surface area (Å²) in [6, 6.07) is 31.0. The topological polar surface area (TPSA) is 26.5 Å². The molecule has 0 amide bonds. The second-order valence-electron chi connectivity index (χ2n) is 7.72. The molecule has 0 saturated heterocycles. The smallest absolute Gasteiger partial charge is 0.142 e. The molecule has 0 N–H and O–H groups in total. The number of para-hydroxylation sites is 1. The molecular formula is C27H23ClN2O. The Bertz CT molecular complexity index is 1200. The maximum atomic E-state index is 5.97. The minimum Gasteiger partial charge on any atom is -0.391 e. The fraction of sp³-hybridized carbons (Fsp3) is 0.148. The number of nitrogens with zero attached hydrogens (tertiary/aromatic N) is 2. The Labute approximate surface area is 187 Å². The number of benzene rings is 3. The zero-order valence-corrected chi connectivity index (χ0v) is 17.9. The van der Waals surface area contributed by atoms with Crippen LogP contribution >= 0.6 is 11.6 Å². The molecule has 31 heavy (non-hydrogen) atoms. The molecule has 0 bridgehead atoms. The summed E-state index contributed by atoms with van der Waals surface area (Å²) in [5.74, 6) is 0. The summed E-state index contributed by atoms with van der Waals surface area (Å²) >= 11 is 5.97. The van der Waals surface area contributed by atoms with E-state index in [1.54, 1.807) is 0 Å². The SMILES string of the molecule is Clc1ccc(CON=C2CCCc3c2cc(-c2ccccc2)n3-c2ccccc2)cc1. The van der Waals surface area contributed by atoms with Gasteiger partial charge in [0.2, 0.25) is 0 Å². The van der Waals surface area contributed by atoms with Gasteiger partial charge in [-0.1, -0.05) is 77.4 Å². The first-order valence-corrected chi connectivity index (χ1v) is 11.0. The molecule has 0 radical (unpaired) electrons. The van der Waals surface area contributed by atoms with E-state index in [1.165, 1.54) is 28.2 Å². The Morgan fingerprint density at radius 2 is 1.55 bits per heavy atom. The van der Waals surface area contributed by atoms with Crippen molar-refractivity contribution in [2.75, 3.05) is 0 Å². The minimum absolute atomic E-state index is 0.431. The lowest BCUT2D eigenvalue weighted by atomic mass is 9.95. The second kappa shape index (κ2) is 8.83. The van der Waals surface area contributed by atoms with Crippen LogP contribution < -0.4 is 0 Å². The van der Waals surface area contributed by atoms with Crippen LogP contribution in [0.25, 0.3) is 16.9 Å². The second-order valence-corrected chi connectivity index (χ2v) is 8.15. The summed E-state index contributed by atoms with van der Waals surface area (Å²) in [4.78, 5) is 5.75. The highest BCUT2D eigenvalue weighted by Gasteiger charge is 2.24. The Balaban J connectivity index is 1.53. The monoisotopic (exact) mass is 426 g/mol. The lowest BCUT2D eigenvalue weighted by molar-refractivity contribution is 0.130.